The zero-order valence-corrected chi connectivity index (χ0v) is 9.42. The van der Waals surface area contributed by atoms with Crippen molar-refractivity contribution in [2.75, 3.05) is 19.6 Å². The van der Waals surface area contributed by atoms with Gasteiger partial charge in [-0.3, -0.25) is 9.69 Å². The van der Waals surface area contributed by atoms with Crippen LogP contribution < -0.4 is 0 Å². The van der Waals surface area contributed by atoms with E-state index in [-0.39, 0.29) is 5.92 Å². The molecule has 1 fully saturated rings. The molecule has 0 aromatic rings. The third kappa shape index (κ3) is 3.39. The summed E-state index contributed by atoms with van der Waals surface area (Å²) in [4.78, 5) is 13.6. The van der Waals surface area contributed by atoms with Gasteiger partial charge in [0.05, 0.1) is 5.60 Å². The minimum Gasteiger partial charge on any atom is -0.389 e. The maximum absolute atomic E-state index is 11.4. The van der Waals surface area contributed by atoms with E-state index < -0.39 is 5.60 Å². The number of carbonyl (C=O) groups excluding carboxylic acids is 1. The number of hydrogen-bond donors (Lipinski definition) is 1. The number of piperidine rings is 1. The van der Waals surface area contributed by atoms with E-state index >= 15 is 0 Å². The van der Waals surface area contributed by atoms with Gasteiger partial charge in [0, 0.05) is 32.0 Å². The third-order valence-corrected chi connectivity index (χ3v) is 2.71. The van der Waals surface area contributed by atoms with E-state index in [1.54, 1.807) is 0 Å². The maximum atomic E-state index is 11.4. The molecule has 3 nitrogen and oxygen atoms in total. The second kappa shape index (κ2) is 4.41. The summed E-state index contributed by atoms with van der Waals surface area (Å²) in [5.74, 6) is 0.575. The molecule has 0 spiro atoms. The molecular formula is C11H21NO2. The number of rotatable bonds is 3. The van der Waals surface area contributed by atoms with E-state index in [9.17, 15) is 9.90 Å². The Bertz CT molecular complexity index is 208. The lowest BCUT2D eigenvalue weighted by Gasteiger charge is -2.34. The Kier molecular flexibility index (Phi) is 3.67. The van der Waals surface area contributed by atoms with Crippen LogP contribution in [0.25, 0.3) is 0 Å². The molecule has 1 atom stereocenters. The summed E-state index contributed by atoms with van der Waals surface area (Å²) in [5, 5.41) is 9.67. The number of ketones is 1. The summed E-state index contributed by atoms with van der Waals surface area (Å²) < 4.78 is 0. The highest BCUT2D eigenvalue weighted by atomic mass is 16.3. The van der Waals surface area contributed by atoms with E-state index in [0.717, 1.165) is 19.5 Å². The van der Waals surface area contributed by atoms with E-state index in [2.05, 4.69) is 11.8 Å². The summed E-state index contributed by atoms with van der Waals surface area (Å²) in [6, 6.07) is 0. The van der Waals surface area contributed by atoms with Crippen LogP contribution in [0.3, 0.4) is 0 Å². The Labute approximate surface area is 86.1 Å². The van der Waals surface area contributed by atoms with Crippen LogP contribution >= 0.6 is 0 Å². The predicted molar refractivity (Wildman–Crippen MR) is 56.1 cm³/mol. The van der Waals surface area contributed by atoms with Crippen LogP contribution in [0.5, 0.6) is 0 Å². The summed E-state index contributed by atoms with van der Waals surface area (Å²) >= 11 is 0. The summed E-state index contributed by atoms with van der Waals surface area (Å²) in [7, 11) is 0. The monoisotopic (exact) mass is 199 g/mol. The Morgan fingerprint density at radius 2 is 2.21 bits per heavy atom. The van der Waals surface area contributed by atoms with Crippen LogP contribution in [0.2, 0.25) is 0 Å². The zero-order chi connectivity index (χ0) is 10.8. The molecule has 0 radical (unpaired) electrons. The lowest BCUT2D eigenvalue weighted by atomic mass is 9.93. The van der Waals surface area contributed by atoms with Crippen molar-refractivity contribution in [3.05, 3.63) is 0 Å². The number of nitrogens with zero attached hydrogens (tertiary/aromatic N) is 1. The highest BCUT2D eigenvalue weighted by Gasteiger charge is 2.28. The van der Waals surface area contributed by atoms with E-state index in [1.165, 1.54) is 0 Å². The zero-order valence-electron chi connectivity index (χ0n) is 9.42. The van der Waals surface area contributed by atoms with Gasteiger partial charge >= 0.3 is 0 Å². The molecule has 1 saturated heterocycles. The Morgan fingerprint density at radius 1 is 1.57 bits per heavy atom. The molecule has 1 aliphatic heterocycles. The van der Waals surface area contributed by atoms with Crippen molar-refractivity contribution < 1.29 is 9.90 Å². The summed E-state index contributed by atoms with van der Waals surface area (Å²) in [6.45, 7) is 7.96. The normalized spacial score (nSPS) is 25.4. The lowest BCUT2D eigenvalue weighted by molar-refractivity contribution is -0.127. The van der Waals surface area contributed by atoms with Crippen LogP contribution in [0.15, 0.2) is 0 Å². The second-order valence-corrected chi connectivity index (χ2v) is 4.87. The number of likely N-dealkylation sites (tertiary alicyclic amines) is 1. The number of Topliss-reactive ketones (excluding diaryl/α,β-unsaturated/α-hetero) is 1. The van der Waals surface area contributed by atoms with E-state index in [1.807, 2.05) is 13.8 Å². The first kappa shape index (κ1) is 11.7. The molecule has 82 valence electrons. The van der Waals surface area contributed by atoms with Crippen molar-refractivity contribution in [3.8, 4) is 0 Å². The summed E-state index contributed by atoms with van der Waals surface area (Å²) in [5.41, 5.74) is -0.654. The van der Waals surface area contributed by atoms with Crippen LogP contribution in [0.1, 0.15) is 33.6 Å². The van der Waals surface area contributed by atoms with Gasteiger partial charge in [-0.2, -0.15) is 0 Å². The van der Waals surface area contributed by atoms with Crippen LogP contribution in [-0.4, -0.2) is 41.0 Å². The molecular weight excluding hydrogens is 178 g/mol. The molecule has 0 aliphatic carbocycles. The minimum atomic E-state index is -0.654. The standard InChI is InChI=1S/C11H21NO2/c1-4-9-7-12(6-5-10(9)13)8-11(2,3)14/h9,14H,4-8H2,1-3H3. The van der Waals surface area contributed by atoms with Crippen LogP contribution in [-0.2, 0) is 4.79 Å². The topological polar surface area (TPSA) is 40.5 Å². The Hall–Kier alpha value is -0.410. The van der Waals surface area contributed by atoms with Crippen molar-refractivity contribution in [1.82, 2.24) is 4.90 Å². The fraction of sp³-hybridized carbons (Fsp3) is 0.909. The molecule has 1 unspecified atom stereocenters. The fourth-order valence-corrected chi connectivity index (χ4v) is 2.02. The lowest BCUT2D eigenvalue weighted by Crippen LogP contribution is -2.46. The molecule has 0 saturated carbocycles. The van der Waals surface area contributed by atoms with Crippen molar-refractivity contribution in [2.24, 2.45) is 5.92 Å². The van der Waals surface area contributed by atoms with Crippen molar-refractivity contribution >= 4 is 5.78 Å². The number of hydrogen-bond acceptors (Lipinski definition) is 3. The third-order valence-electron chi connectivity index (χ3n) is 2.71. The fourth-order valence-electron chi connectivity index (χ4n) is 2.02. The molecule has 0 amide bonds. The molecule has 14 heavy (non-hydrogen) atoms. The molecule has 1 rings (SSSR count). The molecule has 1 N–H and O–H groups in total. The van der Waals surface area contributed by atoms with Crippen molar-refractivity contribution in [2.45, 2.75) is 39.2 Å². The minimum absolute atomic E-state index is 0.186. The quantitative estimate of drug-likeness (QED) is 0.739. The Balaban J connectivity index is 2.47. The van der Waals surface area contributed by atoms with Crippen molar-refractivity contribution in [1.29, 1.82) is 0 Å². The highest BCUT2D eigenvalue weighted by molar-refractivity contribution is 5.82. The summed E-state index contributed by atoms with van der Waals surface area (Å²) in [6.07, 6.45) is 1.57. The number of aliphatic hydroxyl groups is 1. The average molecular weight is 199 g/mol. The molecule has 1 heterocycles. The largest absolute Gasteiger partial charge is 0.389 e. The average Bonchev–Trinajstić information content (AvgIpc) is 2.06. The molecule has 0 bridgehead atoms. The van der Waals surface area contributed by atoms with Gasteiger partial charge in [-0.1, -0.05) is 6.92 Å². The number of β-amino-alcohol motifs (C(OH)–C–C–N with tert-alkyl or cyclic N) is 1. The smallest absolute Gasteiger partial charge is 0.138 e. The van der Waals surface area contributed by atoms with Gasteiger partial charge in [0.2, 0.25) is 0 Å². The van der Waals surface area contributed by atoms with Crippen LogP contribution in [0, 0.1) is 5.92 Å². The number of carbonyl (C=O) groups is 1. The van der Waals surface area contributed by atoms with Gasteiger partial charge in [-0.25, -0.2) is 0 Å². The van der Waals surface area contributed by atoms with Crippen molar-refractivity contribution in [3.63, 3.8) is 0 Å². The second-order valence-electron chi connectivity index (χ2n) is 4.87. The van der Waals surface area contributed by atoms with Crippen LogP contribution in [0.4, 0.5) is 0 Å². The van der Waals surface area contributed by atoms with E-state index in [0.29, 0.717) is 18.7 Å². The van der Waals surface area contributed by atoms with Gasteiger partial charge in [0.1, 0.15) is 5.78 Å². The Morgan fingerprint density at radius 3 is 2.71 bits per heavy atom. The van der Waals surface area contributed by atoms with Gasteiger partial charge < -0.3 is 5.11 Å². The maximum Gasteiger partial charge on any atom is 0.138 e. The predicted octanol–water partition coefficient (Wildman–Crippen LogP) is 1.06. The first-order valence-corrected chi connectivity index (χ1v) is 5.40. The van der Waals surface area contributed by atoms with Gasteiger partial charge in [0.15, 0.2) is 0 Å². The molecule has 3 heteroatoms. The van der Waals surface area contributed by atoms with Gasteiger partial charge in [0.25, 0.3) is 0 Å². The van der Waals surface area contributed by atoms with Gasteiger partial charge in [-0.15, -0.1) is 0 Å². The molecule has 0 aromatic carbocycles. The molecule has 1 aliphatic rings. The molecule has 0 aromatic heterocycles. The van der Waals surface area contributed by atoms with Gasteiger partial charge in [-0.05, 0) is 20.3 Å². The SMILES string of the molecule is CCC1CN(CC(C)(C)O)CCC1=O. The first-order valence-electron chi connectivity index (χ1n) is 5.40. The first-order chi connectivity index (χ1) is 6.42. The highest BCUT2D eigenvalue weighted by Crippen LogP contribution is 2.17. The van der Waals surface area contributed by atoms with E-state index in [4.69, 9.17) is 0 Å².